The average Bonchev–Trinajstić information content (AvgIpc) is 3.07. The van der Waals surface area contributed by atoms with Crippen molar-refractivity contribution in [2.24, 2.45) is 0 Å². The van der Waals surface area contributed by atoms with Crippen molar-refractivity contribution >= 4 is 0 Å². The van der Waals surface area contributed by atoms with Crippen molar-refractivity contribution in [1.82, 2.24) is 24.8 Å². The van der Waals surface area contributed by atoms with Crippen LogP contribution in [-0.4, -0.2) is 55.7 Å². The van der Waals surface area contributed by atoms with Crippen LogP contribution >= 0.6 is 0 Å². The molecule has 23 heavy (non-hydrogen) atoms. The van der Waals surface area contributed by atoms with Gasteiger partial charge in [-0.05, 0) is 38.3 Å². The first-order valence-electron chi connectivity index (χ1n) is 8.49. The summed E-state index contributed by atoms with van der Waals surface area (Å²) in [5.74, 6) is 2.48. The lowest BCUT2D eigenvalue weighted by Crippen LogP contribution is -2.41. The van der Waals surface area contributed by atoms with E-state index in [-0.39, 0.29) is 0 Å². The van der Waals surface area contributed by atoms with Gasteiger partial charge >= 0.3 is 0 Å². The first-order chi connectivity index (χ1) is 11.3. The maximum absolute atomic E-state index is 10.3. The minimum absolute atomic E-state index is 0.317. The highest BCUT2D eigenvalue weighted by molar-refractivity contribution is 5.05. The van der Waals surface area contributed by atoms with E-state index >= 15 is 0 Å². The van der Waals surface area contributed by atoms with E-state index in [9.17, 15) is 5.11 Å². The quantitative estimate of drug-likeness (QED) is 0.867. The Morgan fingerprint density at radius 1 is 1.26 bits per heavy atom. The number of hydrogen-bond acceptors (Lipinski definition) is 6. The van der Waals surface area contributed by atoms with Gasteiger partial charge in [0.2, 0.25) is 5.89 Å². The zero-order valence-electron chi connectivity index (χ0n) is 13.2. The van der Waals surface area contributed by atoms with Crippen molar-refractivity contribution in [3.05, 3.63) is 30.2 Å². The Bertz CT molecular complexity index is 622. The second kappa shape index (κ2) is 6.41. The third kappa shape index (κ3) is 3.61. The molecule has 0 bridgehead atoms. The van der Waals surface area contributed by atoms with Crippen LogP contribution in [0.4, 0.5) is 0 Å². The molecule has 1 saturated carbocycles. The molecule has 2 aromatic rings. The molecule has 1 aliphatic carbocycles. The smallest absolute Gasteiger partial charge is 0.229 e. The van der Waals surface area contributed by atoms with Crippen molar-refractivity contribution in [2.45, 2.75) is 50.2 Å². The summed E-state index contributed by atoms with van der Waals surface area (Å²) in [5, 5.41) is 18.6. The van der Waals surface area contributed by atoms with Gasteiger partial charge < -0.3 is 9.63 Å². The number of likely N-dealkylation sites (tertiary alicyclic amines) is 1. The Hall–Kier alpha value is -1.73. The Morgan fingerprint density at radius 3 is 2.96 bits per heavy atom. The van der Waals surface area contributed by atoms with E-state index in [4.69, 9.17) is 4.52 Å². The minimum atomic E-state index is -0.416. The molecule has 0 spiro atoms. The van der Waals surface area contributed by atoms with E-state index in [1.165, 1.54) is 12.8 Å². The van der Waals surface area contributed by atoms with Crippen molar-refractivity contribution < 1.29 is 9.63 Å². The van der Waals surface area contributed by atoms with Crippen LogP contribution < -0.4 is 0 Å². The molecular weight excluding hydrogens is 294 g/mol. The standard InChI is InChI=1S/C16H23N5O2/c22-14(11-21-8-2-6-17-21)10-20-7-1-3-13(9-20)15-18-16(23-19-15)12-4-5-12/h2,6,8,12-14,22H,1,3-5,7,9-11H2/t13-,14-/m1/s1. The molecule has 0 aromatic carbocycles. The van der Waals surface area contributed by atoms with Crippen LogP contribution in [-0.2, 0) is 6.54 Å². The number of rotatable bonds is 6. The molecule has 2 fully saturated rings. The molecule has 2 aliphatic rings. The van der Waals surface area contributed by atoms with Crippen LogP contribution in [0.5, 0.6) is 0 Å². The van der Waals surface area contributed by atoms with Crippen LogP contribution in [0.3, 0.4) is 0 Å². The fraction of sp³-hybridized carbons (Fsp3) is 0.688. The van der Waals surface area contributed by atoms with Gasteiger partial charge in [0.25, 0.3) is 0 Å². The summed E-state index contributed by atoms with van der Waals surface area (Å²) in [6.45, 7) is 3.09. The Morgan fingerprint density at radius 2 is 2.17 bits per heavy atom. The van der Waals surface area contributed by atoms with Gasteiger partial charge in [-0.2, -0.15) is 10.1 Å². The molecule has 2 atom stereocenters. The minimum Gasteiger partial charge on any atom is -0.390 e. The van der Waals surface area contributed by atoms with Crippen LogP contribution in [0.25, 0.3) is 0 Å². The Balaban J connectivity index is 1.32. The van der Waals surface area contributed by atoms with Crippen LogP contribution in [0.1, 0.15) is 49.2 Å². The number of hydrogen-bond donors (Lipinski definition) is 1. The summed E-state index contributed by atoms with van der Waals surface area (Å²) in [4.78, 5) is 6.89. The molecule has 0 unspecified atom stereocenters. The predicted octanol–water partition coefficient (Wildman–Crippen LogP) is 1.38. The van der Waals surface area contributed by atoms with Gasteiger partial charge in [0.15, 0.2) is 5.82 Å². The van der Waals surface area contributed by atoms with E-state index in [0.29, 0.717) is 24.9 Å². The molecule has 7 heteroatoms. The second-order valence-electron chi connectivity index (χ2n) is 6.75. The summed E-state index contributed by atoms with van der Waals surface area (Å²) in [7, 11) is 0. The maximum atomic E-state index is 10.3. The molecule has 124 valence electrons. The first-order valence-corrected chi connectivity index (χ1v) is 8.49. The Kier molecular flexibility index (Phi) is 4.13. The maximum Gasteiger partial charge on any atom is 0.229 e. The van der Waals surface area contributed by atoms with Crippen LogP contribution in [0.15, 0.2) is 23.0 Å². The van der Waals surface area contributed by atoms with Crippen molar-refractivity contribution in [2.75, 3.05) is 19.6 Å². The van der Waals surface area contributed by atoms with E-state index < -0.39 is 6.10 Å². The van der Waals surface area contributed by atoms with E-state index in [1.807, 2.05) is 12.3 Å². The van der Waals surface area contributed by atoms with Crippen LogP contribution in [0.2, 0.25) is 0 Å². The summed E-state index contributed by atoms with van der Waals surface area (Å²) in [5.41, 5.74) is 0. The molecule has 1 saturated heterocycles. The summed E-state index contributed by atoms with van der Waals surface area (Å²) >= 11 is 0. The SMILES string of the molecule is O[C@H](CN1CCC[C@@H](c2noc(C3CC3)n2)C1)Cn1cccn1. The number of aliphatic hydroxyl groups is 1. The van der Waals surface area contributed by atoms with Gasteiger partial charge in [-0.1, -0.05) is 5.16 Å². The zero-order valence-corrected chi connectivity index (χ0v) is 13.2. The topological polar surface area (TPSA) is 80.2 Å². The highest BCUT2D eigenvalue weighted by Gasteiger charge is 2.32. The van der Waals surface area contributed by atoms with Gasteiger partial charge in [-0.15, -0.1) is 0 Å². The Labute approximate surface area is 135 Å². The van der Waals surface area contributed by atoms with Gasteiger partial charge in [-0.25, -0.2) is 0 Å². The van der Waals surface area contributed by atoms with E-state index in [0.717, 1.165) is 37.6 Å². The van der Waals surface area contributed by atoms with Gasteiger partial charge in [0.1, 0.15) is 0 Å². The molecular formula is C16H23N5O2. The van der Waals surface area contributed by atoms with Gasteiger partial charge in [0, 0.05) is 37.3 Å². The molecule has 0 radical (unpaired) electrons. The number of piperidine rings is 1. The molecule has 1 N–H and O–H groups in total. The fourth-order valence-electron chi connectivity index (χ4n) is 3.32. The number of aliphatic hydroxyl groups excluding tert-OH is 1. The molecule has 0 amide bonds. The van der Waals surface area contributed by atoms with Gasteiger partial charge in [-0.3, -0.25) is 9.58 Å². The highest BCUT2D eigenvalue weighted by atomic mass is 16.5. The number of β-amino-alcohol motifs (C(OH)–C–C–N with tert-alkyl or cyclic N) is 1. The number of aromatic nitrogens is 4. The van der Waals surface area contributed by atoms with E-state index in [1.54, 1.807) is 10.9 Å². The average molecular weight is 317 g/mol. The van der Waals surface area contributed by atoms with Crippen LogP contribution in [0, 0.1) is 0 Å². The lowest BCUT2D eigenvalue weighted by molar-refractivity contribution is 0.0798. The van der Waals surface area contributed by atoms with Crippen molar-refractivity contribution in [1.29, 1.82) is 0 Å². The predicted molar refractivity (Wildman–Crippen MR) is 82.9 cm³/mol. The molecule has 4 rings (SSSR count). The normalized spacial score (nSPS) is 24.0. The largest absolute Gasteiger partial charge is 0.390 e. The first kappa shape index (κ1) is 14.8. The summed E-state index contributed by atoms with van der Waals surface area (Å²) in [6.07, 6.45) is 7.75. The molecule has 1 aliphatic heterocycles. The zero-order chi connectivity index (χ0) is 15.6. The third-order valence-corrected chi connectivity index (χ3v) is 4.68. The van der Waals surface area contributed by atoms with Crippen molar-refractivity contribution in [3.8, 4) is 0 Å². The third-order valence-electron chi connectivity index (χ3n) is 4.68. The monoisotopic (exact) mass is 317 g/mol. The molecule has 3 heterocycles. The fourth-order valence-corrected chi connectivity index (χ4v) is 3.32. The second-order valence-corrected chi connectivity index (χ2v) is 6.75. The molecule has 2 aromatic heterocycles. The van der Waals surface area contributed by atoms with Gasteiger partial charge in [0.05, 0.1) is 12.6 Å². The highest BCUT2D eigenvalue weighted by Crippen LogP contribution is 2.39. The lowest BCUT2D eigenvalue weighted by Gasteiger charge is -2.32. The van der Waals surface area contributed by atoms with Crippen molar-refractivity contribution in [3.63, 3.8) is 0 Å². The molecule has 7 nitrogen and oxygen atoms in total. The number of nitrogens with zero attached hydrogens (tertiary/aromatic N) is 5. The summed E-state index contributed by atoms with van der Waals surface area (Å²) < 4.78 is 7.16. The van der Waals surface area contributed by atoms with E-state index in [2.05, 4.69) is 20.1 Å². The summed E-state index contributed by atoms with van der Waals surface area (Å²) in [6, 6.07) is 1.87. The lowest BCUT2D eigenvalue weighted by atomic mass is 9.97.